The van der Waals surface area contributed by atoms with Gasteiger partial charge in [-0.25, -0.2) is 0 Å². The third-order valence-electron chi connectivity index (χ3n) is 3.81. The van der Waals surface area contributed by atoms with E-state index in [9.17, 15) is 4.79 Å². The second-order valence-electron chi connectivity index (χ2n) is 5.26. The van der Waals surface area contributed by atoms with E-state index >= 15 is 0 Å². The van der Waals surface area contributed by atoms with Gasteiger partial charge in [0.15, 0.2) is 0 Å². The number of nitrogens with zero attached hydrogens (tertiary/aromatic N) is 1. The lowest BCUT2D eigenvalue weighted by atomic mass is 10.0. The van der Waals surface area contributed by atoms with Crippen LogP contribution in [0.15, 0.2) is 54.6 Å². The summed E-state index contributed by atoms with van der Waals surface area (Å²) in [5, 5.41) is 3.28. The van der Waals surface area contributed by atoms with E-state index in [0.717, 1.165) is 16.8 Å². The van der Waals surface area contributed by atoms with Gasteiger partial charge in [0.05, 0.1) is 19.8 Å². The van der Waals surface area contributed by atoms with Crippen LogP contribution in [0.1, 0.15) is 0 Å². The molecule has 0 bridgehead atoms. The quantitative estimate of drug-likeness (QED) is 0.943. The molecule has 1 aliphatic heterocycles. The zero-order valence-electron chi connectivity index (χ0n) is 12.5. The Morgan fingerprint density at radius 2 is 1.68 bits per heavy atom. The summed E-state index contributed by atoms with van der Waals surface area (Å²) in [5.41, 5.74) is 3.23. The van der Waals surface area contributed by atoms with Crippen molar-refractivity contribution in [2.75, 3.05) is 38.2 Å². The molecule has 1 heterocycles. The fourth-order valence-electron chi connectivity index (χ4n) is 2.60. The van der Waals surface area contributed by atoms with Gasteiger partial charge in [-0.05, 0) is 11.6 Å². The number of carbonyl (C=O) groups excluding carboxylic acids is 1. The largest absolute Gasteiger partial charge is 0.378 e. The molecule has 1 saturated heterocycles. The summed E-state index contributed by atoms with van der Waals surface area (Å²) in [6.45, 7) is 2.93. The van der Waals surface area contributed by atoms with Gasteiger partial charge < -0.3 is 15.0 Å². The molecule has 1 fully saturated rings. The van der Waals surface area contributed by atoms with Crippen molar-refractivity contribution < 1.29 is 9.53 Å². The molecular weight excluding hydrogens is 276 g/mol. The standard InChI is InChI=1S/C18H20N2O2/c21-18(20-10-12-22-13-11-20)14-19-17-9-5-4-8-16(17)15-6-2-1-3-7-15/h1-9,19H,10-14H2. The van der Waals surface area contributed by atoms with Crippen LogP contribution in [0, 0.1) is 0 Å². The maximum absolute atomic E-state index is 12.2. The lowest BCUT2D eigenvalue weighted by Crippen LogP contribution is -2.43. The summed E-state index contributed by atoms with van der Waals surface area (Å²) >= 11 is 0. The minimum atomic E-state index is 0.117. The Balaban J connectivity index is 1.69. The molecule has 1 aliphatic rings. The number of rotatable bonds is 4. The zero-order chi connectivity index (χ0) is 15.2. The Bertz CT molecular complexity index is 622. The maximum atomic E-state index is 12.2. The summed E-state index contributed by atoms with van der Waals surface area (Å²) in [6.07, 6.45) is 0. The molecule has 0 atom stereocenters. The van der Waals surface area contributed by atoms with E-state index in [2.05, 4.69) is 23.5 Å². The van der Waals surface area contributed by atoms with E-state index in [4.69, 9.17) is 4.74 Å². The first-order chi connectivity index (χ1) is 10.8. The number of hydrogen-bond donors (Lipinski definition) is 1. The molecular formula is C18H20N2O2. The van der Waals surface area contributed by atoms with Crippen LogP contribution in [0.3, 0.4) is 0 Å². The average molecular weight is 296 g/mol. The van der Waals surface area contributed by atoms with Gasteiger partial charge >= 0.3 is 0 Å². The SMILES string of the molecule is O=C(CNc1ccccc1-c1ccccc1)N1CCOCC1. The van der Waals surface area contributed by atoms with E-state index in [1.165, 1.54) is 0 Å². The van der Waals surface area contributed by atoms with E-state index in [1.807, 2.05) is 41.3 Å². The van der Waals surface area contributed by atoms with Gasteiger partial charge in [0, 0.05) is 24.3 Å². The number of ether oxygens (including phenoxy) is 1. The summed E-state index contributed by atoms with van der Waals surface area (Å²) in [4.78, 5) is 14.1. The van der Waals surface area contributed by atoms with Gasteiger partial charge in [-0.15, -0.1) is 0 Å². The lowest BCUT2D eigenvalue weighted by molar-refractivity contribution is -0.133. The average Bonchev–Trinajstić information content (AvgIpc) is 2.61. The predicted molar refractivity (Wildman–Crippen MR) is 87.8 cm³/mol. The number of morpholine rings is 1. The smallest absolute Gasteiger partial charge is 0.242 e. The summed E-state index contributed by atoms with van der Waals surface area (Å²) in [6, 6.07) is 18.3. The Morgan fingerprint density at radius 1 is 1.00 bits per heavy atom. The van der Waals surface area contributed by atoms with Crippen LogP contribution in [0.2, 0.25) is 0 Å². The number of para-hydroxylation sites is 1. The van der Waals surface area contributed by atoms with Crippen LogP contribution >= 0.6 is 0 Å². The van der Waals surface area contributed by atoms with Crippen molar-refractivity contribution in [3.8, 4) is 11.1 Å². The van der Waals surface area contributed by atoms with E-state index in [1.54, 1.807) is 0 Å². The lowest BCUT2D eigenvalue weighted by Gasteiger charge is -2.27. The first-order valence-corrected chi connectivity index (χ1v) is 7.58. The predicted octanol–water partition coefficient (Wildman–Crippen LogP) is 2.62. The van der Waals surface area contributed by atoms with Crippen molar-refractivity contribution in [3.05, 3.63) is 54.6 Å². The Morgan fingerprint density at radius 3 is 2.45 bits per heavy atom. The molecule has 114 valence electrons. The van der Waals surface area contributed by atoms with Crippen LogP contribution in [0.4, 0.5) is 5.69 Å². The van der Waals surface area contributed by atoms with Gasteiger partial charge in [-0.1, -0.05) is 48.5 Å². The van der Waals surface area contributed by atoms with Crippen LogP contribution in [0.5, 0.6) is 0 Å². The molecule has 0 saturated carbocycles. The molecule has 1 amide bonds. The second kappa shape index (κ2) is 7.09. The highest BCUT2D eigenvalue weighted by Crippen LogP contribution is 2.27. The highest BCUT2D eigenvalue weighted by atomic mass is 16.5. The van der Waals surface area contributed by atoms with E-state index in [0.29, 0.717) is 32.8 Å². The Labute approximate surface area is 130 Å². The fraction of sp³-hybridized carbons (Fsp3) is 0.278. The summed E-state index contributed by atoms with van der Waals surface area (Å²) < 4.78 is 5.28. The minimum absolute atomic E-state index is 0.117. The van der Waals surface area contributed by atoms with Crippen LogP contribution in [-0.4, -0.2) is 43.7 Å². The molecule has 0 spiro atoms. The number of benzene rings is 2. The van der Waals surface area contributed by atoms with Gasteiger partial charge in [0.2, 0.25) is 5.91 Å². The first-order valence-electron chi connectivity index (χ1n) is 7.58. The Hall–Kier alpha value is -2.33. The topological polar surface area (TPSA) is 41.6 Å². The first kappa shape index (κ1) is 14.6. The van der Waals surface area contributed by atoms with E-state index < -0.39 is 0 Å². The molecule has 22 heavy (non-hydrogen) atoms. The van der Waals surface area contributed by atoms with Crippen molar-refractivity contribution in [3.63, 3.8) is 0 Å². The zero-order valence-corrected chi connectivity index (χ0v) is 12.5. The third-order valence-corrected chi connectivity index (χ3v) is 3.81. The minimum Gasteiger partial charge on any atom is -0.378 e. The summed E-state index contributed by atoms with van der Waals surface area (Å²) in [7, 11) is 0. The molecule has 4 heteroatoms. The highest BCUT2D eigenvalue weighted by Gasteiger charge is 2.16. The highest BCUT2D eigenvalue weighted by molar-refractivity contribution is 5.84. The molecule has 0 radical (unpaired) electrons. The van der Waals surface area contributed by atoms with Gasteiger partial charge in [0.1, 0.15) is 0 Å². The molecule has 2 aromatic rings. The monoisotopic (exact) mass is 296 g/mol. The van der Waals surface area contributed by atoms with Crippen LogP contribution < -0.4 is 5.32 Å². The normalized spacial score (nSPS) is 14.6. The van der Waals surface area contributed by atoms with Crippen LogP contribution in [0.25, 0.3) is 11.1 Å². The van der Waals surface area contributed by atoms with Crippen molar-refractivity contribution in [1.29, 1.82) is 0 Å². The number of amides is 1. The third kappa shape index (κ3) is 3.46. The van der Waals surface area contributed by atoms with Gasteiger partial charge in [0.25, 0.3) is 0 Å². The number of carbonyl (C=O) groups is 1. The molecule has 0 unspecified atom stereocenters. The second-order valence-corrected chi connectivity index (χ2v) is 5.26. The number of anilines is 1. The fourth-order valence-corrected chi connectivity index (χ4v) is 2.60. The van der Waals surface area contributed by atoms with Gasteiger partial charge in [-0.2, -0.15) is 0 Å². The van der Waals surface area contributed by atoms with Crippen molar-refractivity contribution >= 4 is 11.6 Å². The summed E-state index contributed by atoms with van der Waals surface area (Å²) in [5.74, 6) is 0.117. The van der Waals surface area contributed by atoms with Crippen molar-refractivity contribution in [1.82, 2.24) is 4.90 Å². The van der Waals surface area contributed by atoms with Gasteiger partial charge in [-0.3, -0.25) is 4.79 Å². The molecule has 2 aromatic carbocycles. The Kier molecular flexibility index (Phi) is 4.71. The van der Waals surface area contributed by atoms with Crippen LogP contribution in [-0.2, 0) is 9.53 Å². The van der Waals surface area contributed by atoms with Crippen molar-refractivity contribution in [2.24, 2.45) is 0 Å². The molecule has 1 N–H and O–H groups in total. The molecule has 0 aliphatic carbocycles. The maximum Gasteiger partial charge on any atom is 0.242 e. The molecule has 0 aromatic heterocycles. The van der Waals surface area contributed by atoms with Crippen molar-refractivity contribution in [2.45, 2.75) is 0 Å². The van der Waals surface area contributed by atoms with E-state index in [-0.39, 0.29) is 5.91 Å². The molecule has 3 rings (SSSR count). The molecule has 4 nitrogen and oxygen atoms in total. The number of hydrogen-bond acceptors (Lipinski definition) is 3. The number of nitrogens with one attached hydrogen (secondary N) is 1.